The number of nitrogens with one attached hydrogen (secondary N) is 2. The Hall–Kier alpha value is -2.99. The lowest BCUT2D eigenvalue weighted by Crippen LogP contribution is -2.22. The largest absolute Gasteiger partial charge is 0.326 e. The Labute approximate surface area is 174 Å². The number of anilines is 1. The molecule has 0 aliphatic rings. The first kappa shape index (κ1) is 20.7. The van der Waals surface area contributed by atoms with E-state index in [1.807, 2.05) is 74.7 Å². The summed E-state index contributed by atoms with van der Waals surface area (Å²) >= 11 is 1.54. The van der Waals surface area contributed by atoms with Crippen LogP contribution in [0.5, 0.6) is 0 Å². The summed E-state index contributed by atoms with van der Waals surface area (Å²) in [6.45, 7) is 5.86. The topological polar surface area (TPSA) is 70.6 Å². The van der Waals surface area contributed by atoms with Crippen molar-refractivity contribution in [3.63, 3.8) is 0 Å². The van der Waals surface area contributed by atoms with E-state index in [4.69, 9.17) is 0 Å². The van der Waals surface area contributed by atoms with Gasteiger partial charge in [-0.1, -0.05) is 44.2 Å². The molecule has 0 radical (unpaired) electrons. The van der Waals surface area contributed by atoms with Crippen molar-refractivity contribution in [1.29, 1.82) is 0 Å². The van der Waals surface area contributed by atoms with Gasteiger partial charge in [-0.05, 0) is 43.5 Å². The van der Waals surface area contributed by atoms with Gasteiger partial charge in [-0.3, -0.25) is 9.59 Å². The van der Waals surface area contributed by atoms with Crippen LogP contribution < -0.4 is 10.7 Å². The van der Waals surface area contributed by atoms with Gasteiger partial charge in [0, 0.05) is 27.1 Å². The van der Waals surface area contributed by atoms with Gasteiger partial charge < -0.3 is 5.32 Å². The zero-order valence-corrected chi connectivity index (χ0v) is 17.7. The number of hydrazone groups is 1. The third kappa shape index (κ3) is 4.90. The van der Waals surface area contributed by atoms with Gasteiger partial charge in [0.05, 0.1) is 11.3 Å². The van der Waals surface area contributed by atoms with E-state index < -0.39 is 0 Å². The average molecular weight is 408 g/mol. The molecule has 0 unspecified atom stereocenters. The fourth-order valence-corrected chi connectivity index (χ4v) is 4.08. The molecule has 3 aromatic rings. The first-order valence-corrected chi connectivity index (χ1v) is 10.6. The van der Waals surface area contributed by atoms with Crippen molar-refractivity contribution in [3.8, 4) is 0 Å². The minimum atomic E-state index is -0.236. The number of hydrogen-bond acceptors (Lipinski definition) is 4. The molecular formula is C23H25N3O2S. The third-order valence-corrected chi connectivity index (χ3v) is 5.92. The van der Waals surface area contributed by atoms with Crippen LogP contribution in [-0.2, 0) is 4.79 Å². The summed E-state index contributed by atoms with van der Waals surface area (Å²) in [7, 11) is 0. The van der Waals surface area contributed by atoms with Crippen LogP contribution in [0.2, 0.25) is 0 Å². The maximum Gasteiger partial charge on any atom is 0.272 e. The maximum absolute atomic E-state index is 12.5. The first-order chi connectivity index (χ1) is 14.0. The van der Waals surface area contributed by atoms with Crippen molar-refractivity contribution in [2.24, 2.45) is 11.0 Å². The highest BCUT2D eigenvalue weighted by atomic mass is 32.1. The number of amides is 2. The fourth-order valence-electron chi connectivity index (χ4n) is 3.14. The molecule has 5 nitrogen and oxygen atoms in total. The van der Waals surface area contributed by atoms with E-state index in [1.165, 1.54) is 11.3 Å². The molecule has 2 amide bonds. The summed E-state index contributed by atoms with van der Waals surface area (Å²) in [5.41, 5.74) is 5.48. The molecule has 6 heteroatoms. The molecule has 0 aliphatic carbocycles. The standard InChI is InChI=1S/C23H25N3O2S/c1-4-16(5-2)22(27)24-18-10-8-9-17(13-18)15(3)25-26-23(28)20-14-29-21-12-7-6-11-19(20)21/h6-14,16H,4-5H2,1-3H3,(H,24,27)(H,26,28)/b25-15-. The van der Waals surface area contributed by atoms with Crippen LogP contribution in [0.15, 0.2) is 59.0 Å². The smallest absolute Gasteiger partial charge is 0.272 e. The van der Waals surface area contributed by atoms with E-state index in [-0.39, 0.29) is 17.7 Å². The number of rotatable bonds is 7. The summed E-state index contributed by atoms with van der Waals surface area (Å²) < 4.78 is 1.07. The number of hydrogen-bond donors (Lipinski definition) is 2. The predicted octanol–water partition coefficient (Wildman–Crippen LogP) is 5.43. The molecular weight excluding hydrogens is 382 g/mol. The van der Waals surface area contributed by atoms with E-state index in [1.54, 1.807) is 0 Å². The second-order valence-corrected chi connectivity index (χ2v) is 7.78. The van der Waals surface area contributed by atoms with E-state index in [9.17, 15) is 9.59 Å². The normalized spacial score (nSPS) is 11.7. The number of carbonyl (C=O) groups is 2. The van der Waals surface area contributed by atoms with Gasteiger partial charge in [0.1, 0.15) is 0 Å². The van der Waals surface area contributed by atoms with Crippen LogP contribution >= 0.6 is 11.3 Å². The Morgan fingerprint density at radius 3 is 2.59 bits per heavy atom. The molecule has 0 saturated carbocycles. The van der Waals surface area contributed by atoms with Crippen LogP contribution in [0, 0.1) is 5.92 Å². The molecule has 2 aromatic carbocycles. The second-order valence-electron chi connectivity index (χ2n) is 6.87. The lowest BCUT2D eigenvalue weighted by molar-refractivity contribution is -0.120. The van der Waals surface area contributed by atoms with Crippen LogP contribution in [0.4, 0.5) is 5.69 Å². The minimum Gasteiger partial charge on any atom is -0.326 e. The summed E-state index contributed by atoms with van der Waals surface area (Å²) in [6.07, 6.45) is 1.62. The molecule has 0 bridgehead atoms. The fraction of sp³-hybridized carbons (Fsp3) is 0.261. The van der Waals surface area contributed by atoms with Crippen molar-refractivity contribution in [2.75, 3.05) is 5.32 Å². The van der Waals surface area contributed by atoms with Gasteiger partial charge in [-0.2, -0.15) is 5.10 Å². The predicted molar refractivity (Wildman–Crippen MR) is 121 cm³/mol. The number of carbonyl (C=O) groups excluding carboxylic acids is 2. The molecule has 0 spiro atoms. The SMILES string of the molecule is CCC(CC)C(=O)Nc1cccc(/C(C)=N\NC(=O)c2csc3ccccc23)c1. The van der Waals surface area contributed by atoms with Gasteiger partial charge in [0.2, 0.25) is 5.91 Å². The zero-order chi connectivity index (χ0) is 20.8. The molecule has 3 rings (SSSR count). The summed E-state index contributed by atoms with van der Waals surface area (Å²) in [6, 6.07) is 15.3. The van der Waals surface area contributed by atoms with Crippen molar-refractivity contribution in [1.82, 2.24) is 5.43 Å². The lowest BCUT2D eigenvalue weighted by atomic mass is 10.0. The minimum absolute atomic E-state index is 0.00754. The number of nitrogens with zero attached hydrogens (tertiary/aromatic N) is 1. The number of fused-ring (bicyclic) bond motifs is 1. The quantitative estimate of drug-likeness (QED) is 0.405. The van der Waals surface area contributed by atoms with E-state index in [0.717, 1.165) is 34.2 Å². The van der Waals surface area contributed by atoms with E-state index in [0.29, 0.717) is 11.3 Å². The summed E-state index contributed by atoms with van der Waals surface area (Å²) in [5.74, 6) is -0.201. The molecule has 1 heterocycles. The van der Waals surface area contributed by atoms with Gasteiger partial charge in [0.25, 0.3) is 5.91 Å². The molecule has 1 aromatic heterocycles. The third-order valence-electron chi connectivity index (χ3n) is 4.96. The van der Waals surface area contributed by atoms with Crippen molar-refractivity contribution >= 4 is 44.6 Å². The summed E-state index contributed by atoms with van der Waals surface area (Å²) in [4.78, 5) is 24.9. The highest BCUT2D eigenvalue weighted by Gasteiger charge is 2.15. The Morgan fingerprint density at radius 1 is 1.07 bits per heavy atom. The Kier molecular flexibility index (Phi) is 6.77. The molecule has 29 heavy (non-hydrogen) atoms. The van der Waals surface area contributed by atoms with Crippen LogP contribution in [0.25, 0.3) is 10.1 Å². The second kappa shape index (κ2) is 9.47. The van der Waals surface area contributed by atoms with Gasteiger partial charge in [0.15, 0.2) is 0 Å². The van der Waals surface area contributed by atoms with Crippen molar-refractivity contribution in [3.05, 3.63) is 65.0 Å². The monoisotopic (exact) mass is 407 g/mol. The molecule has 0 aliphatic heterocycles. The van der Waals surface area contributed by atoms with Crippen LogP contribution in [-0.4, -0.2) is 17.5 Å². The molecule has 2 N–H and O–H groups in total. The van der Waals surface area contributed by atoms with Gasteiger partial charge in [-0.25, -0.2) is 5.43 Å². The molecule has 0 saturated heterocycles. The lowest BCUT2D eigenvalue weighted by Gasteiger charge is -2.13. The average Bonchev–Trinajstić information content (AvgIpc) is 3.17. The van der Waals surface area contributed by atoms with Crippen LogP contribution in [0.1, 0.15) is 49.5 Å². The van der Waals surface area contributed by atoms with Crippen molar-refractivity contribution in [2.45, 2.75) is 33.6 Å². The van der Waals surface area contributed by atoms with E-state index in [2.05, 4.69) is 15.8 Å². The van der Waals surface area contributed by atoms with Crippen molar-refractivity contribution < 1.29 is 9.59 Å². The Bertz CT molecular complexity index is 1050. The number of benzene rings is 2. The highest BCUT2D eigenvalue weighted by molar-refractivity contribution is 7.17. The van der Waals surface area contributed by atoms with Crippen LogP contribution in [0.3, 0.4) is 0 Å². The highest BCUT2D eigenvalue weighted by Crippen LogP contribution is 2.25. The first-order valence-electron chi connectivity index (χ1n) is 9.75. The summed E-state index contributed by atoms with van der Waals surface area (Å²) in [5, 5.41) is 9.99. The Balaban J connectivity index is 1.71. The maximum atomic E-state index is 12.5. The number of thiophene rings is 1. The molecule has 0 fully saturated rings. The van der Waals surface area contributed by atoms with E-state index >= 15 is 0 Å². The molecule has 150 valence electrons. The zero-order valence-electron chi connectivity index (χ0n) is 16.9. The van der Waals surface area contributed by atoms with Gasteiger partial charge in [-0.15, -0.1) is 11.3 Å². The molecule has 0 atom stereocenters. The van der Waals surface area contributed by atoms with Gasteiger partial charge >= 0.3 is 0 Å². The Morgan fingerprint density at radius 2 is 1.83 bits per heavy atom.